The molecule has 1 aliphatic carbocycles. The number of amides is 1. The summed E-state index contributed by atoms with van der Waals surface area (Å²) in [7, 11) is -3.55. The summed E-state index contributed by atoms with van der Waals surface area (Å²) in [5.74, 6) is 0.320. The molecule has 30 heavy (non-hydrogen) atoms. The molecule has 1 aliphatic heterocycles. The smallest absolute Gasteiger partial charge is 0.251 e. The first kappa shape index (κ1) is 21.4. The number of hydrogen-bond acceptors (Lipinski definition) is 6. The number of carbonyl (C=O) groups excluding carboxylic acids is 1. The van der Waals surface area contributed by atoms with E-state index in [4.69, 9.17) is 9.72 Å². The Kier molecular flexibility index (Phi) is 6.82. The van der Waals surface area contributed by atoms with Crippen molar-refractivity contribution in [2.45, 2.75) is 49.5 Å². The summed E-state index contributed by atoms with van der Waals surface area (Å²) in [6, 6.07) is 6.09. The van der Waals surface area contributed by atoms with Gasteiger partial charge in [-0.25, -0.2) is 13.4 Å². The Hall–Kier alpha value is -1.81. The molecule has 2 aromatic rings. The molecule has 162 valence electrons. The standard InChI is InChI=1S/C21H27N3O4S2/c25-21(22-14-20-23-19(15-29-20)16-4-2-1-3-5-16)17-6-8-18(9-7-17)30(26,27)24-10-12-28-13-11-24/h6-9,15-16H,1-5,10-14H2,(H,22,25). The fourth-order valence-corrected chi connectivity index (χ4v) is 6.19. The molecule has 2 heterocycles. The van der Waals surface area contributed by atoms with Crippen LogP contribution in [0.3, 0.4) is 0 Å². The van der Waals surface area contributed by atoms with Gasteiger partial charge in [-0.1, -0.05) is 19.3 Å². The Morgan fingerprint density at radius 1 is 1.13 bits per heavy atom. The monoisotopic (exact) mass is 449 g/mol. The van der Waals surface area contributed by atoms with Gasteiger partial charge in [-0.2, -0.15) is 4.31 Å². The molecule has 0 unspecified atom stereocenters. The fourth-order valence-electron chi connectivity index (χ4n) is 3.96. The van der Waals surface area contributed by atoms with Crippen LogP contribution in [0.5, 0.6) is 0 Å². The topological polar surface area (TPSA) is 88.6 Å². The molecule has 9 heteroatoms. The zero-order valence-corrected chi connectivity index (χ0v) is 18.5. The van der Waals surface area contributed by atoms with Crippen molar-refractivity contribution >= 4 is 27.3 Å². The number of aromatic nitrogens is 1. The van der Waals surface area contributed by atoms with Gasteiger partial charge in [-0.05, 0) is 37.1 Å². The van der Waals surface area contributed by atoms with Crippen LogP contribution in [-0.4, -0.2) is 49.9 Å². The predicted octanol–water partition coefficient (Wildman–Crippen LogP) is 3.14. The van der Waals surface area contributed by atoms with Gasteiger partial charge >= 0.3 is 0 Å². The quantitative estimate of drug-likeness (QED) is 0.732. The van der Waals surface area contributed by atoms with Gasteiger partial charge in [0, 0.05) is 30.0 Å². The van der Waals surface area contributed by atoms with Gasteiger partial charge in [0.25, 0.3) is 5.91 Å². The van der Waals surface area contributed by atoms with E-state index < -0.39 is 10.0 Å². The van der Waals surface area contributed by atoms with Crippen molar-refractivity contribution in [1.82, 2.24) is 14.6 Å². The number of nitrogens with zero attached hydrogens (tertiary/aromatic N) is 2. The largest absolute Gasteiger partial charge is 0.379 e. The van der Waals surface area contributed by atoms with E-state index in [0.717, 1.165) is 10.7 Å². The third-order valence-electron chi connectivity index (χ3n) is 5.72. The maximum atomic E-state index is 12.7. The van der Waals surface area contributed by atoms with E-state index in [9.17, 15) is 13.2 Å². The Labute approximate surface area is 181 Å². The van der Waals surface area contributed by atoms with Gasteiger partial charge in [0.2, 0.25) is 10.0 Å². The normalized spacial score (nSPS) is 18.9. The molecular weight excluding hydrogens is 422 g/mol. The highest BCUT2D eigenvalue weighted by Crippen LogP contribution is 2.33. The summed E-state index contributed by atoms with van der Waals surface area (Å²) in [5, 5.41) is 5.90. The van der Waals surface area contributed by atoms with E-state index in [1.807, 2.05) is 0 Å². The summed E-state index contributed by atoms with van der Waals surface area (Å²) in [6.07, 6.45) is 6.26. The SMILES string of the molecule is O=C(NCc1nc(C2CCCCC2)cs1)c1ccc(S(=O)(=O)N2CCOCC2)cc1. The van der Waals surface area contributed by atoms with Crippen LogP contribution in [0.15, 0.2) is 34.5 Å². The summed E-state index contributed by atoms with van der Waals surface area (Å²) in [6.45, 7) is 1.88. The van der Waals surface area contributed by atoms with E-state index in [-0.39, 0.29) is 10.8 Å². The Balaban J connectivity index is 1.34. The molecule has 1 saturated carbocycles. The number of hydrogen-bond donors (Lipinski definition) is 1. The van der Waals surface area contributed by atoms with Gasteiger partial charge in [0.1, 0.15) is 5.01 Å². The Bertz CT molecular complexity index is 960. The molecule has 1 saturated heterocycles. The molecule has 0 spiro atoms. The summed E-state index contributed by atoms with van der Waals surface area (Å²) >= 11 is 1.58. The zero-order valence-electron chi connectivity index (χ0n) is 16.9. The highest BCUT2D eigenvalue weighted by Gasteiger charge is 2.26. The van der Waals surface area contributed by atoms with Crippen LogP contribution >= 0.6 is 11.3 Å². The number of rotatable bonds is 6. The number of sulfonamides is 1. The average molecular weight is 450 g/mol. The number of ether oxygens (including phenoxy) is 1. The van der Waals surface area contributed by atoms with Gasteiger partial charge in [0.05, 0.1) is 30.3 Å². The summed E-state index contributed by atoms with van der Waals surface area (Å²) in [5.41, 5.74) is 1.58. The zero-order chi connectivity index (χ0) is 21.0. The van der Waals surface area contributed by atoms with Gasteiger partial charge < -0.3 is 10.1 Å². The summed E-state index contributed by atoms with van der Waals surface area (Å²) in [4.78, 5) is 17.4. The van der Waals surface area contributed by atoms with Crippen LogP contribution in [-0.2, 0) is 21.3 Å². The minimum absolute atomic E-state index is 0.193. The highest BCUT2D eigenvalue weighted by atomic mass is 32.2. The second kappa shape index (κ2) is 9.55. The molecular formula is C21H27N3O4S2. The van der Waals surface area contributed by atoms with Crippen molar-refractivity contribution in [2.24, 2.45) is 0 Å². The second-order valence-electron chi connectivity index (χ2n) is 7.72. The molecule has 0 radical (unpaired) electrons. The number of benzene rings is 1. The minimum Gasteiger partial charge on any atom is -0.379 e. The third-order valence-corrected chi connectivity index (χ3v) is 8.50. The van der Waals surface area contributed by atoms with Crippen LogP contribution < -0.4 is 5.32 Å². The maximum Gasteiger partial charge on any atom is 0.251 e. The van der Waals surface area contributed by atoms with E-state index in [1.165, 1.54) is 48.5 Å². The van der Waals surface area contributed by atoms with Crippen molar-refractivity contribution in [1.29, 1.82) is 0 Å². The van der Waals surface area contributed by atoms with E-state index in [2.05, 4.69) is 10.7 Å². The van der Waals surface area contributed by atoms with Crippen LogP contribution in [0.1, 0.15) is 59.1 Å². The first-order chi connectivity index (χ1) is 14.5. The lowest BCUT2D eigenvalue weighted by Crippen LogP contribution is -2.40. The van der Waals surface area contributed by atoms with E-state index in [1.54, 1.807) is 23.5 Å². The molecule has 1 aromatic carbocycles. The van der Waals surface area contributed by atoms with Crippen molar-refractivity contribution in [3.05, 3.63) is 45.9 Å². The van der Waals surface area contributed by atoms with Crippen LogP contribution in [0.25, 0.3) is 0 Å². The highest BCUT2D eigenvalue weighted by molar-refractivity contribution is 7.89. The third kappa shape index (κ3) is 4.91. The van der Waals surface area contributed by atoms with Crippen LogP contribution in [0.4, 0.5) is 0 Å². The lowest BCUT2D eigenvalue weighted by atomic mass is 9.87. The molecule has 2 fully saturated rings. The lowest BCUT2D eigenvalue weighted by molar-refractivity contribution is 0.0730. The molecule has 2 aliphatic rings. The molecule has 4 rings (SSSR count). The molecule has 1 aromatic heterocycles. The maximum absolute atomic E-state index is 12.7. The molecule has 7 nitrogen and oxygen atoms in total. The first-order valence-corrected chi connectivity index (χ1v) is 12.8. The van der Waals surface area contributed by atoms with Gasteiger partial charge in [-0.15, -0.1) is 11.3 Å². The van der Waals surface area contributed by atoms with E-state index in [0.29, 0.717) is 44.3 Å². The molecule has 1 N–H and O–H groups in total. The average Bonchev–Trinajstić information content (AvgIpc) is 3.28. The van der Waals surface area contributed by atoms with Crippen LogP contribution in [0.2, 0.25) is 0 Å². The number of nitrogens with one attached hydrogen (secondary N) is 1. The van der Waals surface area contributed by atoms with Crippen LogP contribution in [0, 0.1) is 0 Å². The number of thiazole rings is 1. The summed E-state index contributed by atoms with van der Waals surface area (Å²) < 4.78 is 32.0. The predicted molar refractivity (Wildman–Crippen MR) is 115 cm³/mol. The molecule has 1 amide bonds. The minimum atomic E-state index is -3.55. The lowest BCUT2D eigenvalue weighted by Gasteiger charge is -2.26. The van der Waals surface area contributed by atoms with Crippen molar-refractivity contribution < 1.29 is 17.9 Å². The van der Waals surface area contributed by atoms with Crippen molar-refractivity contribution in [3.63, 3.8) is 0 Å². The van der Waals surface area contributed by atoms with Crippen molar-refractivity contribution in [2.75, 3.05) is 26.3 Å². The first-order valence-electron chi connectivity index (χ1n) is 10.4. The van der Waals surface area contributed by atoms with Crippen molar-refractivity contribution in [3.8, 4) is 0 Å². The fraction of sp³-hybridized carbons (Fsp3) is 0.524. The Morgan fingerprint density at radius 2 is 1.83 bits per heavy atom. The number of carbonyl (C=O) groups is 1. The van der Waals surface area contributed by atoms with Gasteiger partial charge in [0.15, 0.2) is 0 Å². The number of morpholine rings is 1. The molecule has 0 bridgehead atoms. The Morgan fingerprint density at radius 3 is 2.53 bits per heavy atom. The second-order valence-corrected chi connectivity index (χ2v) is 10.6. The molecule has 0 atom stereocenters. The van der Waals surface area contributed by atoms with Gasteiger partial charge in [-0.3, -0.25) is 4.79 Å². The van der Waals surface area contributed by atoms with E-state index >= 15 is 0 Å².